The number of thiophene rings is 1. The van der Waals surface area contributed by atoms with Crippen LogP contribution in [0.1, 0.15) is 4.88 Å². The molecule has 0 aromatic carbocycles. The van der Waals surface area contributed by atoms with Crippen LogP contribution in [0.15, 0.2) is 12.1 Å². The summed E-state index contributed by atoms with van der Waals surface area (Å²) < 4.78 is 6.26. The van der Waals surface area contributed by atoms with Gasteiger partial charge in [0.2, 0.25) is 0 Å². The van der Waals surface area contributed by atoms with E-state index in [1.54, 1.807) is 11.3 Å². The van der Waals surface area contributed by atoms with E-state index in [2.05, 4.69) is 16.7 Å². The third-order valence-electron chi connectivity index (χ3n) is 2.57. The smallest absolute Gasteiger partial charge is 0.0931 e. The number of morpholine rings is 1. The van der Waals surface area contributed by atoms with Gasteiger partial charge in [0.05, 0.1) is 17.6 Å². The van der Waals surface area contributed by atoms with E-state index in [1.807, 2.05) is 6.07 Å². The summed E-state index contributed by atoms with van der Waals surface area (Å²) >= 11 is 7.53. The second-order valence-corrected chi connectivity index (χ2v) is 5.69. The molecule has 2 heterocycles. The number of hydrogen-bond acceptors (Lipinski definition) is 4. The molecule has 1 aromatic heterocycles. The molecule has 3 nitrogen and oxygen atoms in total. The molecule has 0 amide bonds. The normalized spacial score (nSPS) is 21.2. The van der Waals surface area contributed by atoms with Gasteiger partial charge in [0.15, 0.2) is 0 Å². The molecule has 1 fully saturated rings. The number of ether oxygens (including phenoxy) is 1. The Morgan fingerprint density at radius 3 is 3.19 bits per heavy atom. The van der Waals surface area contributed by atoms with Crippen LogP contribution in [0.3, 0.4) is 0 Å². The highest BCUT2D eigenvalue weighted by Crippen LogP contribution is 2.21. The van der Waals surface area contributed by atoms with E-state index in [-0.39, 0.29) is 0 Å². The maximum atomic E-state index is 5.87. The van der Waals surface area contributed by atoms with Gasteiger partial charge in [-0.15, -0.1) is 11.3 Å². The first-order valence-electron chi connectivity index (χ1n) is 5.60. The van der Waals surface area contributed by atoms with Crippen molar-refractivity contribution in [3.8, 4) is 0 Å². The average molecular weight is 261 g/mol. The molecule has 1 aliphatic rings. The molecule has 1 saturated heterocycles. The quantitative estimate of drug-likeness (QED) is 0.788. The summed E-state index contributed by atoms with van der Waals surface area (Å²) in [5.74, 6) is 0. The highest BCUT2D eigenvalue weighted by Gasteiger charge is 2.11. The van der Waals surface area contributed by atoms with E-state index in [9.17, 15) is 0 Å². The standard InChI is InChI=1S/C11H17ClN2OS/c12-11-2-1-10(16-11)3-4-13-7-9-8-15-6-5-14-9/h1-2,9,13-14H,3-8H2. The minimum absolute atomic E-state index is 0.459. The van der Waals surface area contributed by atoms with Gasteiger partial charge in [0, 0.05) is 30.6 Å². The molecule has 5 heteroatoms. The molecular formula is C11H17ClN2OS. The van der Waals surface area contributed by atoms with E-state index >= 15 is 0 Å². The van der Waals surface area contributed by atoms with E-state index in [0.29, 0.717) is 6.04 Å². The lowest BCUT2D eigenvalue weighted by molar-refractivity contribution is 0.0768. The second-order valence-electron chi connectivity index (χ2n) is 3.89. The van der Waals surface area contributed by atoms with E-state index in [4.69, 9.17) is 16.3 Å². The fourth-order valence-corrected chi connectivity index (χ4v) is 2.81. The fraction of sp³-hybridized carbons (Fsp3) is 0.636. The largest absolute Gasteiger partial charge is 0.378 e. The number of halogens is 1. The number of nitrogens with one attached hydrogen (secondary N) is 2. The molecule has 0 radical (unpaired) electrons. The van der Waals surface area contributed by atoms with Crippen LogP contribution in [0.4, 0.5) is 0 Å². The molecule has 1 aromatic rings. The first kappa shape index (κ1) is 12.3. The van der Waals surface area contributed by atoms with Gasteiger partial charge in [0.25, 0.3) is 0 Å². The zero-order valence-corrected chi connectivity index (χ0v) is 10.7. The van der Waals surface area contributed by atoms with Crippen molar-refractivity contribution in [3.63, 3.8) is 0 Å². The molecule has 2 rings (SSSR count). The predicted molar refractivity (Wildman–Crippen MR) is 68.5 cm³/mol. The summed E-state index contributed by atoms with van der Waals surface area (Å²) in [6.07, 6.45) is 1.05. The molecule has 0 spiro atoms. The predicted octanol–water partition coefficient (Wildman–Crippen LogP) is 1.52. The van der Waals surface area contributed by atoms with Gasteiger partial charge in [-0.1, -0.05) is 11.6 Å². The zero-order valence-electron chi connectivity index (χ0n) is 9.17. The SMILES string of the molecule is Clc1ccc(CCNCC2COCCN2)s1. The Hall–Kier alpha value is -0.130. The topological polar surface area (TPSA) is 33.3 Å². The second kappa shape index (κ2) is 6.57. The molecule has 1 aliphatic heterocycles. The highest BCUT2D eigenvalue weighted by molar-refractivity contribution is 7.16. The Morgan fingerprint density at radius 2 is 2.50 bits per heavy atom. The van der Waals surface area contributed by atoms with Gasteiger partial charge < -0.3 is 15.4 Å². The van der Waals surface area contributed by atoms with Gasteiger partial charge in [-0.25, -0.2) is 0 Å². The lowest BCUT2D eigenvalue weighted by Crippen LogP contribution is -2.47. The van der Waals surface area contributed by atoms with Crippen molar-refractivity contribution in [2.75, 3.05) is 32.8 Å². The first-order chi connectivity index (χ1) is 7.84. The Morgan fingerprint density at radius 1 is 1.56 bits per heavy atom. The molecule has 0 bridgehead atoms. The summed E-state index contributed by atoms with van der Waals surface area (Å²) in [7, 11) is 0. The van der Waals surface area contributed by atoms with E-state index in [0.717, 1.165) is 43.6 Å². The molecule has 1 unspecified atom stereocenters. The lowest BCUT2D eigenvalue weighted by Gasteiger charge is -2.23. The van der Waals surface area contributed by atoms with Crippen LogP contribution in [0.25, 0.3) is 0 Å². The van der Waals surface area contributed by atoms with Gasteiger partial charge in [-0.2, -0.15) is 0 Å². The third kappa shape index (κ3) is 4.03. The van der Waals surface area contributed by atoms with E-state index < -0.39 is 0 Å². The zero-order chi connectivity index (χ0) is 11.2. The Bertz CT molecular complexity index is 313. The summed E-state index contributed by atoms with van der Waals surface area (Å²) in [5, 5.41) is 6.85. The van der Waals surface area contributed by atoms with Gasteiger partial charge in [-0.05, 0) is 18.6 Å². The summed E-state index contributed by atoms with van der Waals surface area (Å²) in [4.78, 5) is 1.34. The molecule has 16 heavy (non-hydrogen) atoms. The molecule has 0 aliphatic carbocycles. The van der Waals surface area contributed by atoms with Gasteiger partial charge in [0.1, 0.15) is 0 Å². The molecule has 0 saturated carbocycles. The van der Waals surface area contributed by atoms with Crippen molar-refractivity contribution in [1.82, 2.24) is 10.6 Å². The average Bonchev–Trinajstić information content (AvgIpc) is 2.72. The van der Waals surface area contributed by atoms with Crippen molar-refractivity contribution >= 4 is 22.9 Å². The van der Waals surface area contributed by atoms with Gasteiger partial charge in [-0.3, -0.25) is 0 Å². The van der Waals surface area contributed by atoms with Crippen LogP contribution < -0.4 is 10.6 Å². The molecule has 2 N–H and O–H groups in total. The molecule has 1 atom stereocenters. The van der Waals surface area contributed by atoms with Crippen LogP contribution in [-0.4, -0.2) is 38.9 Å². The number of rotatable bonds is 5. The van der Waals surface area contributed by atoms with Crippen molar-refractivity contribution in [1.29, 1.82) is 0 Å². The third-order valence-corrected chi connectivity index (χ3v) is 3.86. The van der Waals surface area contributed by atoms with Crippen LogP contribution >= 0.6 is 22.9 Å². The maximum absolute atomic E-state index is 5.87. The Balaban J connectivity index is 1.57. The summed E-state index contributed by atoms with van der Waals surface area (Å²) in [6, 6.07) is 4.51. The molecule has 90 valence electrons. The lowest BCUT2D eigenvalue weighted by atomic mass is 10.2. The molecular weight excluding hydrogens is 244 g/mol. The Labute approximate surface area is 105 Å². The monoisotopic (exact) mass is 260 g/mol. The maximum Gasteiger partial charge on any atom is 0.0931 e. The minimum Gasteiger partial charge on any atom is -0.378 e. The van der Waals surface area contributed by atoms with Crippen LogP contribution in [0.2, 0.25) is 4.34 Å². The Kier molecular flexibility index (Phi) is 5.06. The van der Waals surface area contributed by atoms with Crippen molar-refractivity contribution in [3.05, 3.63) is 21.3 Å². The van der Waals surface area contributed by atoms with Crippen LogP contribution in [0, 0.1) is 0 Å². The number of hydrogen-bond donors (Lipinski definition) is 2. The van der Waals surface area contributed by atoms with E-state index in [1.165, 1.54) is 4.88 Å². The van der Waals surface area contributed by atoms with Crippen molar-refractivity contribution in [2.24, 2.45) is 0 Å². The summed E-state index contributed by atoms with van der Waals surface area (Å²) in [5.41, 5.74) is 0. The fourth-order valence-electron chi connectivity index (χ4n) is 1.72. The first-order valence-corrected chi connectivity index (χ1v) is 6.80. The van der Waals surface area contributed by atoms with Crippen molar-refractivity contribution in [2.45, 2.75) is 12.5 Å². The van der Waals surface area contributed by atoms with Crippen LogP contribution in [-0.2, 0) is 11.2 Å². The minimum atomic E-state index is 0.459. The van der Waals surface area contributed by atoms with Crippen molar-refractivity contribution < 1.29 is 4.74 Å². The highest BCUT2D eigenvalue weighted by atomic mass is 35.5. The summed E-state index contributed by atoms with van der Waals surface area (Å²) in [6.45, 7) is 4.59. The van der Waals surface area contributed by atoms with Gasteiger partial charge >= 0.3 is 0 Å². The van der Waals surface area contributed by atoms with Crippen LogP contribution in [0.5, 0.6) is 0 Å².